The molecule has 1 amide bonds. The van der Waals surface area contributed by atoms with Crippen LogP contribution in [0.4, 0.5) is 0 Å². The third-order valence-electron chi connectivity index (χ3n) is 4.36. The Balaban J connectivity index is 1.58. The molecular formula is C25H23ClN2O4. The van der Waals surface area contributed by atoms with Crippen molar-refractivity contribution < 1.29 is 19.0 Å². The van der Waals surface area contributed by atoms with Crippen LogP contribution in [-0.4, -0.2) is 25.8 Å². The highest BCUT2D eigenvalue weighted by Gasteiger charge is 2.10. The zero-order valence-corrected chi connectivity index (χ0v) is 18.3. The Bertz CT molecular complexity index is 1100. The van der Waals surface area contributed by atoms with Gasteiger partial charge >= 0.3 is 0 Å². The summed E-state index contributed by atoms with van der Waals surface area (Å²) in [5, 5.41) is 4.46. The Hall–Kier alpha value is -3.77. The van der Waals surface area contributed by atoms with Crippen molar-refractivity contribution in [1.29, 1.82) is 0 Å². The van der Waals surface area contributed by atoms with Gasteiger partial charge in [-0.1, -0.05) is 54.6 Å². The summed E-state index contributed by atoms with van der Waals surface area (Å²) in [4.78, 5) is 12.4. The number of methoxy groups -OCH3 is 1. The van der Waals surface area contributed by atoms with Crippen molar-refractivity contribution >= 4 is 23.7 Å². The predicted octanol–water partition coefficient (Wildman–Crippen LogP) is 5.26. The summed E-state index contributed by atoms with van der Waals surface area (Å²) in [6.07, 6.45) is 3.13. The topological polar surface area (TPSA) is 69.2 Å². The Kier molecular flexibility index (Phi) is 8.29. The summed E-state index contributed by atoms with van der Waals surface area (Å²) in [5.74, 6) is 1.16. The van der Waals surface area contributed by atoms with Gasteiger partial charge in [-0.3, -0.25) is 4.79 Å². The van der Waals surface area contributed by atoms with Crippen LogP contribution in [0.15, 0.2) is 84.5 Å². The van der Waals surface area contributed by atoms with Gasteiger partial charge in [0.1, 0.15) is 19.0 Å². The van der Waals surface area contributed by atoms with Crippen LogP contribution < -0.4 is 19.6 Å². The van der Waals surface area contributed by atoms with E-state index in [0.717, 1.165) is 5.56 Å². The second kappa shape index (κ2) is 11.6. The van der Waals surface area contributed by atoms with Crippen molar-refractivity contribution in [2.24, 2.45) is 5.10 Å². The van der Waals surface area contributed by atoms with Crippen LogP contribution in [0.2, 0.25) is 5.02 Å². The van der Waals surface area contributed by atoms with Crippen molar-refractivity contribution in [2.45, 2.75) is 6.61 Å². The van der Waals surface area contributed by atoms with Gasteiger partial charge in [-0.15, -0.1) is 0 Å². The SMILES string of the molecule is C=CCOc1ccc(C(=O)N/N=C/c2ccc(OCc3ccccc3)c(Cl)c2)cc1OC. The molecule has 0 aliphatic rings. The monoisotopic (exact) mass is 450 g/mol. The lowest BCUT2D eigenvalue weighted by Crippen LogP contribution is -2.17. The van der Waals surface area contributed by atoms with Crippen LogP contribution in [0.5, 0.6) is 17.2 Å². The third kappa shape index (κ3) is 6.36. The summed E-state index contributed by atoms with van der Waals surface area (Å²) in [6, 6.07) is 20.0. The molecule has 0 aliphatic carbocycles. The lowest BCUT2D eigenvalue weighted by molar-refractivity contribution is 0.0954. The van der Waals surface area contributed by atoms with Crippen molar-refractivity contribution in [3.63, 3.8) is 0 Å². The first-order valence-corrected chi connectivity index (χ1v) is 10.2. The van der Waals surface area contributed by atoms with Gasteiger partial charge < -0.3 is 14.2 Å². The molecule has 0 saturated carbocycles. The van der Waals surface area contributed by atoms with E-state index in [1.165, 1.54) is 13.3 Å². The van der Waals surface area contributed by atoms with E-state index in [0.29, 0.717) is 46.6 Å². The molecule has 7 heteroatoms. The van der Waals surface area contributed by atoms with Crippen LogP contribution in [-0.2, 0) is 6.61 Å². The molecule has 3 rings (SSSR count). The first-order chi connectivity index (χ1) is 15.6. The highest BCUT2D eigenvalue weighted by atomic mass is 35.5. The molecule has 0 atom stereocenters. The minimum Gasteiger partial charge on any atom is -0.493 e. The largest absolute Gasteiger partial charge is 0.493 e. The third-order valence-corrected chi connectivity index (χ3v) is 4.65. The van der Waals surface area contributed by atoms with E-state index in [1.54, 1.807) is 42.5 Å². The van der Waals surface area contributed by atoms with E-state index in [9.17, 15) is 4.79 Å². The molecule has 1 N–H and O–H groups in total. The number of hydrogen-bond acceptors (Lipinski definition) is 5. The van der Waals surface area contributed by atoms with Crippen molar-refractivity contribution in [3.05, 3.63) is 101 Å². The standard InChI is InChI=1S/C25H23ClN2O4/c1-3-13-31-23-12-10-20(15-24(23)30-2)25(29)28-27-16-19-9-11-22(21(26)14-19)32-17-18-7-5-4-6-8-18/h3-12,14-16H,1,13,17H2,2H3,(H,28,29)/b27-16+. The Morgan fingerprint density at radius 2 is 1.81 bits per heavy atom. The fraction of sp³-hybridized carbons (Fsp3) is 0.120. The number of ether oxygens (including phenoxy) is 3. The van der Waals surface area contributed by atoms with E-state index in [1.807, 2.05) is 30.3 Å². The smallest absolute Gasteiger partial charge is 0.271 e. The maximum absolute atomic E-state index is 12.4. The number of nitrogens with one attached hydrogen (secondary N) is 1. The highest BCUT2D eigenvalue weighted by molar-refractivity contribution is 6.32. The second-order valence-electron chi connectivity index (χ2n) is 6.63. The van der Waals surface area contributed by atoms with Crippen LogP contribution >= 0.6 is 11.6 Å². The highest BCUT2D eigenvalue weighted by Crippen LogP contribution is 2.28. The molecule has 6 nitrogen and oxygen atoms in total. The maximum Gasteiger partial charge on any atom is 0.271 e. The van der Waals surface area contributed by atoms with Gasteiger partial charge in [-0.25, -0.2) is 5.43 Å². The summed E-state index contributed by atoms with van der Waals surface area (Å²) in [7, 11) is 1.51. The molecule has 0 spiro atoms. The number of carbonyl (C=O) groups excluding carboxylic acids is 1. The van der Waals surface area contributed by atoms with Gasteiger partial charge in [-0.2, -0.15) is 5.10 Å². The second-order valence-corrected chi connectivity index (χ2v) is 7.04. The number of hydrogen-bond donors (Lipinski definition) is 1. The molecule has 0 bridgehead atoms. The van der Waals surface area contributed by atoms with Gasteiger partial charge in [0.15, 0.2) is 11.5 Å². The zero-order chi connectivity index (χ0) is 22.8. The number of amides is 1. The molecule has 0 unspecified atom stereocenters. The van der Waals surface area contributed by atoms with Crippen LogP contribution in [0, 0.1) is 0 Å². The van der Waals surface area contributed by atoms with Crippen molar-refractivity contribution in [1.82, 2.24) is 5.43 Å². The summed E-state index contributed by atoms with van der Waals surface area (Å²) in [5.41, 5.74) is 4.63. The average molecular weight is 451 g/mol. The molecule has 32 heavy (non-hydrogen) atoms. The van der Waals surface area contributed by atoms with E-state index >= 15 is 0 Å². The predicted molar refractivity (Wildman–Crippen MR) is 126 cm³/mol. The normalized spacial score (nSPS) is 10.6. The quantitative estimate of drug-likeness (QED) is 0.260. The Labute approximate surface area is 192 Å². The fourth-order valence-electron chi connectivity index (χ4n) is 2.76. The summed E-state index contributed by atoms with van der Waals surface area (Å²) < 4.78 is 16.5. The van der Waals surface area contributed by atoms with E-state index < -0.39 is 0 Å². The molecule has 0 heterocycles. The minimum absolute atomic E-state index is 0.338. The van der Waals surface area contributed by atoms with Gasteiger partial charge in [-0.05, 0) is 47.5 Å². The number of halogens is 1. The number of nitrogens with zero attached hydrogens (tertiary/aromatic N) is 1. The minimum atomic E-state index is -0.385. The summed E-state index contributed by atoms with van der Waals surface area (Å²) in [6.45, 7) is 4.37. The van der Waals surface area contributed by atoms with E-state index in [4.69, 9.17) is 25.8 Å². The van der Waals surface area contributed by atoms with Crippen LogP contribution in [0.25, 0.3) is 0 Å². The molecule has 0 radical (unpaired) electrons. The number of carbonyl (C=O) groups is 1. The fourth-order valence-corrected chi connectivity index (χ4v) is 3.00. The molecule has 0 saturated heterocycles. The molecule has 0 aliphatic heterocycles. The average Bonchev–Trinajstić information content (AvgIpc) is 2.82. The molecule has 0 fully saturated rings. The Morgan fingerprint density at radius 3 is 2.53 bits per heavy atom. The first kappa shape index (κ1) is 22.9. The molecule has 0 aromatic heterocycles. The lowest BCUT2D eigenvalue weighted by atomic mass is 10.2. The van der Waals surface area contributed by atoms with Gasteiger partial charge in [0.2, 0.25) is 0 Å². The number of hydrazone groups is 1. The molecular weight excluding hydrogens is 428 g/mol. The number of benzene rings is 3. The van der Waals surface area contributed by atoms with Gasteiger partial charge in [0.25, 0.3) is 5.91 Å². The Morgan fingerprint density at radius 1 is 1.03 bits per heavy atom. The number of rotatable bonds is 10. The van der Waals surface area contributed by atoms with E-state index in [2.05, 4.69) is 17.1 Å². The van der Waals surface area contributed by atoms with Gasteiger partial charge in [0, 0.05) is 5.56 Å². The molecule has 3 aromatic carbocycles. The lowest BCUT2D eigenvalue weighted by Gasteiger charge is -2.10. The first-order valence-electron chi connectivity index (χ1n) is 9.82. The van der Waals surface area contributed by atoms with Gasteiger partial charge in [0.05, 0.1) is 18.3 Å². The van der Waals surface area contributed by atoms with E-state index in [-0.39, 0.29) is 5.91 Å². The molecule has 3 aromatic rings. The van der Waals surface area contributed by atoms with Crippen molar-refractivity contribution in [3.8, 4) is 17.2 Å². The molecule has 164 valence electrons. The van der Waals surface area contributed by atoms with Crippen molar-refractivity contribution in [2.75, 3.05) is 13.7 Å². The van der Waals surface area contributed by atoms with Crippen LogP contribution in [0.3, 0.4) is 0 Å². The zero-order valence-electron chi connectivity index (χ0n) is 17.6. The maximum atomic E-state index is 12.4. The summed E-state index contributed by atoms with van der Waals surface area (Å²) >= 11 is 6.31. The van der Waals surface area contributed by atoms with Crippen LogP contribution in [0.1, 0.15) is 21.5 Å².